The fourth-order valence-electron chi connectivity index (χ4n) is 14.3. The summed E-state index contributed by atoms with van der Waals surface area (Å²) in [5.41, 5.74) is 26.6. The summed E-state index contributed by atoms with van der Waals surface area (Å²) in [5.74, 6) is 0.901. The minimum absolute atomic E-state index is 0.209. The Morgan fingerprint density at radius 3 is 1.26 bits per heavy atom. The SMILES string of the molecule is Cc1cccc2c1nc1n(-c3ccc4c(c3)-c3ccccc3-c3cc(-c5cc(B6N(c7ccccc7)B(c7ccccc7)N(c7ccccc7)B(c7ccccc7)N6c6ccccc6)ccc5C(C)(C)C)ccc3-c3ccccc3-4)c3ccccc3n21. The molecule has 0 N–H and O–H groups in total. The highest BCUT2D eigenvalue weighted by Crippen LogP contribution is 2.50. The third kappa shape index (κ3) is 8.62. The van der Waals surface area contributed by atoms with Crippen LogP contribution in [-0.4, -0.2) is 34.9 Å². The number of aryl methyl sites for hydroxylation is 1. The van der Waals surface area contributed by atoms with Crippen molar-refractivity contribution in [1.29, 1.82) is 0 Å². The number of anilines is 3. The molecule has 9 heteroatoms. The van der Waals surface area contributed by atoms with Crippen LogP contribution in [0.3, 0.4) is 0 Å². The van der Waals surface area contributed by atoms with Gasteiger partial charge in [-0.2, -0.15) is 0 Å². The maximum atomic E-state index is 5.39. The summed E-state index contributed by atoms with van der Waals surface area (Å²) in [6.45, 7) is 8.41. The Hall–Kier alpha value is -10.5. The summed E-state index contributed by atoms with van der Waals surface area (Å²) < 4.78 is 12.6. The Balaban J connectivity index is 0.926. The maximum Gasteiger partial charge on any atom is 0.388 e. The molecule has 0 spiro atoms. The third-order valence-electron chi connectivity index (χ3n) is 18.1. The predicted octanol–water partition coefficient (Wildman–Crippen LogP) is 16.7. The van der Waals surface area contributed by atoms with Crippen LogP contribution in [0.5, 0.6) is 0 Å². The van der Waals surface area contributed by atoms with Crippen molar-refractivity contribution in [3.8, 4) is 61.3 Å². The maximum absolute atomic E-state index is 5.39. The molecule has 3 heterocycles. The highest BCUT2D eigenvalue weighted by atomic mass is 15.3. The van der Waals surface area contributed by atoms with Crippen LogP contribution < -0.4 is 30.6 Å². The van der Waals surface area contributed by atoms with Crippen molar-refractivity contribution in [2.24, 2.45) is 0 Å². The Morgan fingerprint density at radius 1 is 0.310 bits per heavy atom. The molecule has 0 radical (unpaired) electrons. The predicted molar refractivity (Wildman–Crippen MR) is 370 cm³/mol. The van der Waals surface area contributed by atoms with Crippen LogP contribution in [0.1, 0.15) is 31.9 Å². The number of hydrogen-bond acceptors (Lipinski definition) is 4. The van der Waals surface area contributed by atoms with Gasteiger partial charge in [0.05, 0.1) is 22.1 Å². The molecular weight excluding hydrogens is 1050 g/mol. The van der Waals surface area contributed by atoms with Crippen molar-refractivity contribution in [2.75, 3.05) is 14.2 Å². The van der Waals surface area contributed by atoms with E-state index in [2.05, 4.69) is 348 Å². The van der Waals surface area contributed by atoms with Gasteiger partial charge in [-0.15, -0.1) is 0 Å². The van der Waals surface area contributed by atoms with Crippen molar-refractivity contribution in [1.82, 2.24) is 14.0 Å². The number of benzene rings is 12. The first kappa shape index (κ1) is 52.1. The van der Waals surface area contributed by atoms with Gasteiger partial charge in [0.15, 0.2) is 0 Å². The second kappa shape index (κ2) is 20.9. The molecule has 16 rings (SSSR count). The summed E-state index contributed by atoms with van der Waals surface area (Å²) in [7, 11) is 0. The van der Waals surface area contributed by atoms with Gasteiger partial charge in [0.2, 0.25) is 5.78 Å². The van der Waals surface area contributed by atoms with Crippen molar-refractivity contribution in [3.05, 3.63) is 308 Å². The zero-order chi connectivity index (χ0) is 58.3. The number of fused-ring (bicyclic) bond motifs is 13. The molecule has 1 fully saturated rings. The van der Waals surface area contributed by atoms with Crippen LogP contribution >= 0.6 is 0 Å². The Morgan fingerprint density at radius 2 is 0.736 bits per heavy atom. The molecule has 1 aliphatic heterocycles. The van der Waals surface area contributed by atoms with E-state index >= 15 is 0 Å². The minimum Gasteiger partial charge on any atom is -0.416 e. The molecule has 0 amide bonds. The van der Waals surface area contributed by atoms with Crippen LogP contribution in [0, 0.1) is 6.92 Å². The molecule has 14 aromatic rings. The van der Waals surface area contributed by atoms with E-state index < -0.39 is 0 Å². The largest absolute Gasteiger partial charge is 0.416 e. The molecule has 87 heavy (non-hydrogen) atoms. The lowest BCUT2D eigenvalue weighted by molar-refractivity contribution is 0.592. The van der Waals surface area contributed by atoms with Gasteiger partial charge < -0.3 is 14.2 Å². The molecule has 1 aliphatic carbocycles. The standard InChI is InChI=1S/C78H61B3N6/c1-54-27-26-44-75-76(54)82-77-83(73-42-24-25-43-74(73)84(75)77)62-47-49-68-64-39-21-20-38-63(64)67-48-45-55(51-70(67)65-40-22-23-41-66(65)71(68)53-62)69-52-58(46-50-72(69)78(2,3)4)81-86(60-34-16-8-17-35-60)79(56-28-10-5-11-29-56)85(59-32-14-7-15-33-59)80(57-30-12-6-13-31-57)87(81)61-36-18-9-19-37-61/h5-53H,1-4H3. The number of imidazole rings is 2. The monoisotopic (exact) mass is 1110 g/mol. The molecule has 0 saturated carbocycles. The van der Waals surface area contributed by atoms with Gasteiger partial charge in [-0.05, 0) is 168 Å². The van der Waals surface area contributed by atoms with E-state index in [4.69, 9.17) is 4.98 Å². The summed E-state index contributed by atoms with van der Waals surface area (Å²) in [6.07, 6.45) is 0. The number of nitrogens with zero attached hydrogens (tertiary/aromatic N) is 6. The van der Waals surface area contributed by atoms with Crippen LogP contribution in [0.15, 0.2) is 297 Å². The lowest BCUT2D eigenvalue weighted by Gasteiger charge is -2.57. The average Bonchev–Trinajstić information content (AvgIpc) is 1.80. The number of para-hydroxylation sites is 6. The first-order valence-electron chi connectivity index (χ1n) is 30.4. The van der Waals surface area contributed by atoms with Gasteiger partial charge >= 0.3 is 20.9 Å². The molecule has 412 valence electrons. The van der Waals surface area contributed by atoms with Crippen LogP contribution in [0.2, 0.25) is 0 Å². The van der Waals surface area contributed by atoms with Crippen LogP contribution in [-0.2, 0) is 5.41 Å². The lowest BCUT2D eigenvalue weighted by atomic mass is 9.37. The molecular formula is C78H61B3N6. The van der Waals surface area contributed by atoms with E-state index in [1.807, 2.05) is 0 Å². The van der Waals surface area contributed by atoms with Crippen molar-refractivity contribution < 1.29 is 0 Å². The van der Waals surface area contributed by atoms with Gasteiger partial charge in [0.1, 0.15) is 0 Å². The Labute approximate surface area is 510 Å². The second-order valence-corrected chi connectivity index (χ2v) is 24.3. The van der Waals surface area contributed by atoms with Crippen LogP contribution in [0.25, 0.3) is 89.2 Å². The fraction of sp³-hybridized carbons (Fsp3) is 0.0641. The molecule has 12 aromatic carbocycles. The average molecular weight is 1110 g/mol. The van der Waals surface area contributed by atoms with E-state index in [1.54, 1.807) is 0 Å². The van der Waals surface area contributed by atoms with Crippen molar-refractivity contribution in [2.45, 2.75) is 33.1 Å². The highest BCUT2D eigenvalue weighted by molar-refractivity contribution is 7.14. The van der Waals surface area contributed by atoms with Gasteiger partial charge in [-0.25, -0.2) is 4.98 Å². The number of hydrogen-bond donors (Lipinski definition) is 0. The third-order valence-corrected chi connectivity index (χ3v) is 18.1. The Bertz CT molecular complexity index is 4820. The molecule has 6 nitrogen and oxygen atoms in total. The molecule has 2 aromatic heterocycles. The summed E-state index contributed by atoms with van der Waals surface area (Å²) in [4.78, 5) is 5.39. The van der Waals surface area contributed by atoms with Gasteiger partial charge in [-0.1, -0.05) is 245 Å². The van der Waals surface area contributed by atoms with E-state index in [0.29, 0.717) is 0 Å². The van der Waals surface area contributed by atoms with Crippen LogP contribution in [0.4, 0.5) is 17.1 Å². The van der Waals surface area contributed by atoms with Gasteiger partial charge in [0.25, 0.3) is 0 Å². The van der Waals surface area contributed by atoms with Crippen molar-refractivity contribution in [3.63, 3.8) is 0 Å². The molecule has 1 saturated heterocycles. The van der Waals surface area contributed by atoms with Gasteiger partial charge in [-0.3, -0.25) is 8.97 Å². The summed E-state index contributed by atoms with van der Waals surface area (Å²) in [6, 6.07) is 110. The molecule has 0 atom stereocenters. The fourth-order valence-corrected chi connectivity index (χ4v) is 14.3. The Kier molecular flexibility index (Phi) is 12.5. The van der Waals surface area contributed by atoms with E-state index in [0.717, 1.165) is 56.2 Å². The topological polar surface area (TPSA) is 32.0 Å². The van der Waals surface area contributed by atoms with Gasteiger partial charge in [0, 0.05) is 22.7 Å². The summed E-state index contributed by atoms with van der Waals surface area (Å²) in [5, 5.41) is 0. The summed E-state index contributed by atoms with van der Waals surface area (Å²) >= 11 is 0. The second-order valence-electron chi connectivity index (χ2n) is 24.3. The zero-order valence-electron chi connectivity index (χ0n) is 49.2. The molecule has 0 unspecified atom stereocenters. The van der Waals surface area contributed by atoms with Crippen molar-refractivity contribution >= 4 is 82.2 Å². The number of rotatable bonds is 8. The van der Waals surface area contributed by atoms with E-state index in [1.165, 1.54) is 77.6 Å². The lowest BCUT2D eigenvalue weighted by Crippen LogP contribution is -2.86. The molecule has 0 bridgehead atoms. The normalized spacial score (nSPS) is 13.1. The minimum atomic E-state index is -0.316. The highest BCUT2D eigenvalue weighted by Gasteiger charge is 2.56. The number of aromatic nitrogens is 3. The zero-order valence-corrected chi connectivity index (χ0v) is 49.2. The first-order valence-corrected chi connectivity index (χ1v) is 30.4. The smallest absolute Gasteiger partial charge is 0.388 e. The van der Waals surface area contributed by atoms with E-state index in [-0.39, 0.29) is 26.4 Å². The first-order chi connectivity index (χ1) is 42.8. The quantitative estimate of drug-likeness (QED) is 0.142. The van der Waals surface area contributed by atoms with E-state index in [9.17, 15) is 0 Å². The molecule has 2 aliphatic rings.